The van der Waals surface area contributed by atoms with Crippen molar-refractivity contribution in [3.05, 3.63) is 0 Å². The standard InChI is InChI=1S/C13H22N2O3/c1-8(13(18)14-2)15-10-3-4-11(15)6-9(5-10)7-12(16)17/h8-11H,3-7H2,1-2H3,(H,14,18)(H,16,17). The van der Waals surface area contributed by atoms with Gasteiger partial charge in [0.15, 0.2) is 0 Å². The van der Waals surface area contributed by atoms with Gasteiger partial charge in [0.05, 0.1) is 6.04 Å². The zero-order valence-corrected chi connectivity index (χ0v) is 11.1. The van der Waals surface area contributed by atoms with Gasteiger partial charge in [0.1, 0.15) is 0 Å². The minimum Gasteiger partial charge on any atom is -0.481 e. The van der Waals surface area contributed by atoms with Gasteiger partial charge >= 0.3 is 5.97 Å². The monoisotopic (exact) mass is 254 g/mol. The van der Waals surface area contributed by atoms with Crippen molar-refractivity contribution in [3.63, 3.8) is 0 Å². The predicted molar refractivity (Wildman–Crippen MR) is 67.2 cm³/mol. The maximum absolute atomic E-state index is 11.7. The highest BCUT2D eigenvalue weighted by molar-refractivity contribution is 5.81. The smallest absolute Gasteiger partial charge is 0.303 e. The first-order chi connectivity index (χ1) is 8.52. The van der Waals surface area contributed by atoms with Crippen molar-refractivity contribution < 1.29 is 14.7 Å². The summed E-state index contributed by atoms with van der Waals surface area (Å²) in [6.07, 6.45) is 4.31. The lowest BCUT2D eigenvalue weighted by atomic mass is 9.87. The van der Waals surface area contributed by atoms with E-state index in [4.69, 9.17) is 5.11 Å². The van der Waals surface area contributed by atoms with E-state index in [1.165, 1.54) is 0 Å². The molecule has 2 saturated heterocycles. The van der Waals surface area contributed by atoms with Gasteiger partial charge in [-0.1, -0.05) is 0 Å². The Morgan fingerprint density at radius 1 is 1.33 bits per heavy atom. The van der Waals surface area contributed by atoms with Crippen molar-refractivity contribution in [2.24, 2.45) is 5.92 Å². The Morgan fingerprint density at radius 3 is 2.33 bits per heavy atom. The molecular formula is C13H22N2O3. The summed E-state index contributed by atoms with van der Waals surface area (Å²) in [5.74, 6) is -0.357. The normalized spacial score (nSPS) is 33.1. The Balaban J connectivity index is 2.01. The van der Waals surface area contributed by atoms with E-state index in [1.54, 1.807) is 7.05 Å². The molecule has 3 unspecified atom stereocenters. The molecule has 2 bridgehead atoms. The summed E-state index contributed by atoms with van der Waals surface area (Å²) in [4.78, 5) is 24.8. The van der Waals surface area contributed by atoms with Crippen molar-refractivity contribution in [1.82, 2.24) is 10.2 Å². The maximum atomic E-state index is 11.7. The van der Waals surface area contributed by atoms with Gasteiger partial charge < -0.3 is 10.4 Å². The van der Waals surface area contributed by atoms with Gasteiger partial charge in [0.2, 0.25) is 5.91 Å². The van der Waals surface area contributed by atoms with Crippen LogP contribution in [-0.4, -0.2) is 47.1 Å². The van der Waals surface area contributed by atoms with Gasteiger partial charge in [-0.15, -0.1) is 0 Å². The molecule has 3 atom stereocenters. The molecule has 0 aromatic rings. The molecular weight excluding hydrogens is 232 g/mol. The molecule has 0 aromatic carbocycles. The number of likely N-dealkylation sites (N-methyl/N-ethyl adjacent to an activating group) is 1. The van der Waals surface area contributed by atoms with Crippen molar-refractivity contribution >= 4 is 11.9 Å². The molecule has 2 aliphatic rings. The maximum Gasteiger partial charge on any atom is 0.303 e. The number of carbonyl (C=O) groups excluding carboxylic acids is 1. The molecule has 2 heterocycles. The van der Waals surface area contributed by atoms with Gasteiger partial charge in [-0.05, 0) is 38.5 Å². The summed E-state index contributed by atoms with van der Waals surface area (Å²) in [5.41, 5.74) is 0. The number of nitrogens with one attached hydrogen (secondary N) is 1. The molecule has 18 heavy (non-hydrogen) atoms. The van der Waals surface area contributed by atoms with Gasteiger partial charge in [-0.3, -0.25) is 14.5 Å². The topological polar surface area (TPSA) is 69.6 Å². The zero-order chi connectivity index (χ0) is 13.3. The van der Waals surface area contributed by atoms with E-state index in [0.29, 0.717) is 12.1 Å². The lowest BCUT2D eigenvalue weighted by Gasteiger charge is -2.41. The number of carbonyl (C=O) groups is 2. The van der Waals surface area contributed by atoms with Crippen LogP contribution in [0.3, 0.4) is 0 Å². The second-order valence-electron chi connectivity index (χ2n) is 5.56. The average molecular weight is 254 g/mol. The van der Waals surface area contributed by atoms with Gasteiger partial charge in [0, 0.05) is 25.6 Å². The van der Waals surface area contributed by atoms with E-state index in [2.05, 4.69) is 10.2 Å². The fraction of sp³-hybridized carbons (Fsp3) is 0.846. The Bertz CT molecular complexity index is 331. The largest absolute Gasteiger partial charge is 0.481 e. The number of piperidine rings is 1. The molecule has 0 saturated carbocycles. The number of aliphatic carboxylic acids is 1. The summed E-state index contributed by atoms with van der Waals surface area (Å²) in [5, 5.41) is 11.6. The van der Waals surface area contributed by atoms with E-state index < -0.39 is 5.97 Å². The van der Waals surface area contributed by atoms with Gasteiger partial charge in [0.25, 0.3) is 0 Å². The molecule has 1 amide bonds. The van der Waals surface area contributed by atoms with Crippen LogP contribution in [0.2, 0.25) is 0 Å². The van der Waals surface area contributed by atoms with E-state index in [0.717, 1.165) is 25.7 Å². The predicted octanol–water partition coefficient (Wildman–Crippen LogP) is 0.839. The van der Waals surface area contributed by atoms with Crippen LogP contribution in [-0.2, 0) is 9.59 Å². The lowest BCUT2D eigenvalue weighted by molar-refractivity contribution is -0.139. The quantitative estimate of drug-likeness (QED) is 0.780. The average Bonchev–Trinajstić information content (AvgIpc) is 2.58. The molecule has 0 aromatic heterocycles. The molecule has 5 heteroatoms. The summed E-state index contributed by atoms with van der Waals surface area (Å²) >= 11 is 0. The SMILES string of the molecule is CNC(=O)C(C)N1C2CCC1CC(CC(=O)O)C2. The fourth-order valence-corrected chi connectivity index (χ4v) is 3.72. The molecule has 2 fully saturated rings. The van der Waals surface area contributed by atoms with Crippen LogP contribution in [0, 0.1) is 5.92 Å². The number of rotatable bonds is 4. The van der Waals surface area contributed by atoms with Crippen LogP contribution >= 0.6 is 0 Å². The van der Waals surface area contributed by atoms with Gasteiger partial charge in [-0.2, -0.15) is 0 Å². The number of carboxylic acid groups (broad SMARTS) is 1. The first-order valence-electron chi connectivity index (χ1n) is 6.73. The van der Waals surface area contributed by atoms with E-state index in [-0.39, 0.29) is 24.3 Å². The van der Waals surface area contributed by atoms with Crippen molar-refractivity contribution in [3.8, 4) is 0 Å². The van der Waals surface area contributed by atoms with E-state index in [9.17, 15) is 9.59 Å². The number of fused-ring (bicyclic) bond motifs is 2. The number of carboxylic acids is 1. The third kappa shape index (κ3) is 2.51. The summed E-state index contributed by atoms with van der Waals surface area (Å²) in [6, 6.07) is 0.680. The van der Waals surface area contributed by atoms with Crippen LogP contribution < -0.4 is 5.32 Å². The summed E-state index contributed by atoms with van der Waals surface area (Å²) < 4.78 is 0. The Hall–Kier alpha value is -1.10. The highest BCUT2D eigenvalue weighted by Crippen LogP contribution is 2.41. The molecule has 0 radical (unpaired) electrons. The lowest BCUT2D eigenvalue weighted by Crippen LogP contribution is -2.53. The van der Waals surface area contributed by atoms with Crippen molar-refractivity contribution in [2.75, 3.05) is 7.05 Å². The minimum absolute atomic E-state index is 0.0589. The van der Waals surface area contributed by atoms with Crippen LogP contribution in [0.25, 0.3) is 0 Å². The summed E-state index contributed by atoms with van der Waals surface area (Å²) in [7, 11) is 1.66. The van der Waals surface area contributed by atoms with Crippen molar-refractivity contribution in [2.45, 2.75) is 57.2 Å². The number of amides is 1. The van der Waals surface area contributed by atoms with Gasteiger partial charge in [-0.25, -0.2) is 0 Å². The Labute approximate surface area is 108 Å². The fourth-order valence-electron chi connectivity index (χ4n) is 3.72. The molecule has 2 rings (SSSR count). The highest BCUT2D eigenvalue weighted by Gasteiger charge is 2.44. The zero-order valence-electron chi connectivity index (χ0n) is 11.1. The molecule has 2 aliphatic heterocycles. The number of hydrogen-bond donors (Lipinski definition) is 2. The van der Waals surface area contributed by atoms with Crippen LogP contribution in [0.5, 0.6) is 0 Å². The highest BCUT2D eigenvalue weighted by atomic mass is 16.4. The first kappa shape index (κ1) is 13.3. The third-order valence-corrected chi connectivity index (χ3v) is 4.42. The Morgan fingerprint density at radius 2 is 1.89 bits per heavy atom. The molecule has 0 spiro atoms. The minimum atomic E-state index is -0.702. The van der Waals surface area contributed by atoms with E-state index >= 15 is 0 Å². The number of nitrogens with zero attached hydrogens (tertiary/aromatic N) is 1. The van der Waals surface area contributed by atoms with Crippen LogP contribution in [0.15, 0.2) is 0 Å². The third-order valence-electron chi connectivity index (χ3n) is 4.42. The molecule has 5 nitrogen and oxygen atoms in total. The molecule has 0 aliphatic carbocycles. The van der Waals surface area contributed by atoms with E-state index in [1.807, 2.05) is 6.92 Å². The molecule has 2 N–H and O–H groups in total. The first-order valence-corrected chi connectivity index (χ1v) is 6.73. The molecule has 102 valence electrons. The summed E-state index contributed by atoms with van der Waals surface area (Å²) in [6.45, 7) is 1.95. The van der Waals surface area contributed by atoms with Crippen LogP contribution in [0.1, 0.15) is 39.0 Å². The Kier molecular flexibility index (Phi) is 3.90. The second-order valence-corrected chi connectivity index (χ2v) is 5.56. The van der Waals surface area contributed by atoms with Crippen molar-refractivity contribution in [1.29, 1.82) is 0 Å². The van der Waals surface area contributed by atoms with Crippen LogP contribution in [0.4, 0.5) is 0 Å². The number of hydrogen-bond acceptors (Lipinski definition) is 3. The second kappa shape index (κ2) is 5.26.